The minimum Gasteiger partial charge on any atom is -0.457 e. The average Bonchev–Trinajstić information content (AvgIpc) is 2.36. The SMILES string of the molecule is O=Cc1ccc(Oc2cc(F)cc(F)c2)c(C(F)(F)F)c1. The Kier molecular flexibility index (Phi) is 3.93. The summed E-state index contributed by atoms with van der Waals surface area (Å²) in [4.78, 5) is 10.5. The van der Waals surface area contributed by atoms with E-state index >= 15 is 0 Å². The highest BCUT2D eigenvalue weighted by Gasteiger charge is 2.35. The number of halogens is 5. The molecule has 2 rings (SSSR count). The number of benzene rings is 2. The maximum atomic E-state index is 13.0. The summed E-state index contributed by atoms with van der Waals surface area (Å²) in [5, 5.41) is 0. The van der Waals surface area contributed by atoms with Gasteiger partial charge >= 0.3 is 6.18 Å². The van der Waals surface area contributed by atoms with E-state index in [0.29, 0.717) is 12.1 Å². The summed E-state index contributed by atoms with van der Waals surface area (Å²) in [6.07, 6.45) is -4.53. The Morgan fingerprint density at radius 3 is 2.10 bits per heavy atom. The highest BCUT2D eigenvalue weighted by Crippen LogP contribution is 2.38. The molecule has 0 aromatic heterocycles. The van der Waals surface area contributed by atoms with Crippen molar-refractivity contribution in [1.82, 2.24) is 0 Å². The minimum absolute atomic E-state index is 0.194. The molecule has 2 aromatic rings. The lowest BCUT2D eigenvalue weighted by Gasteiger charge is -2.14. The van der Waals surface area contributed by atoms with Gasteiger partial charge in [0.05, 0.1) is 5.56 Å². The third-order valence-corrected chi connectivity index (χ3v) is 2.51. The molecule has 0 radical (unpaired) electrons. The van der Waals surface area contributed by atoms with Crippen LogP contribution < -0.4 is 4.74 Å². The third kappa shape index (κ3) is 3.56. The highest BCUT2D eigenvalue weighted by molar-refractivity contribution is 5.75. The summed E-state index contributed by atoms with van der Waals surface area (Å²) < 4.78 is 69.5. The van der Waals surface area contributed by atoms with Crippen LogP contribution in [0.5, 0.6) is 11.5 Å². The van der Waals surface area contributed by atoms with Crippen molar-refractivity contribution in [2.45, 2.75) is 6.18 Å². The van der Waals surface area contributed by atoms with Gasteiger partial charge in [-0.05, 0) is 18.2 Å². The topological polar surface area (TPSA) is 26.3 Å². The molecule has 0 atom stereocenters. The zero-order valence-corrected chi connectivity index (χ0v) is 10.2. The van der Waals surface area contributed by atoms with E-state index < -0.39 is 34.9 Å². The van der Waals surface area contributed by atoms with Gasteiger partial charge in [-0.2, -0.15) is 13.2 Å². The zero-order valence-electron chi connectivity index (χ0n) is 10.2. The van der Waals surface area contributed by atoms with E-state index in [9.17, 15) is 26.7 Å². The lowest BCUT2D eigenvalue weighted by Crippen LogP contribution is -2.08. The Labute approximate surface area is 115 Å². The number of carbonyl (C=O) groups excluding carboxylic acids is 1. The second-order valence-electron chi connectivity index (χ2n) is 4.08. The fourth-order valence-electron chi connectivity index (χ4n) is 1.65. The third-order valence-electron chi connectivity index (χ3n) is 2.51. The molecule has 0 aliphatic heterocycles. The predicted molar refractivity (Wildman–Crippen MR) is 63.3 cm³/mol. The summed E-state index contributed by atoms with van der Waals surface area (Å²) in [7, 11) is 0. The molecule has 0 amide bonds. The molecule has 0 N–H and O–H groups in total. The van der Waals surface area contributed by atoms with Crippen molar-refractivity contribution in [3.63, 3.8) is 0 Å². The van der Waals surface area contributed by atoms with Gasteiger partial charge < -0.3 is 4.74 Å². The largest absolute Gasteiger partial charge is 0.457 e. The van der Waals surface area contributed by atoms with Gasteiger partial charge in [0.1, 0.15) is 29.4 Å². The fourth-order valence-corrected chi connectivity index (χ4v) is 1.65. The normalized spacial score (nSPS) is 11.3. The van der Waals surface area contributed by atoms with E-state index in [1.807, 2.05) is 0 Å². The van der Waals surface area contributed by atoms with Gasteiger partial charge in [0.15, 0.2) is 0 Å². The summed E-state index contributed by atoms with van der Waals surface area (Å²) >= 11 is 0. The lowest BCUT2D eigenvalue weighted by atomic mass is 10.1. The van der Waals surface area contributed by atoms with Crippen LogP contribution in [0.2, 0.25) is 0 Å². The van der Waals surface area contributed by atoms with Crippen LogP contribution in [0.15, 0.2) is 36.4 Å². The van der Waals surface area contributed by atoms with Crippen LogP contribution in [0.1, 0.15) is 15.9 Å². The van der Waals surface area contributed by atoms with Gasteiger partial charge in [0, 0.05) is 23.8 Å². The Hall–Kier alpha value is -2.44. The zero-order chi connectivity index (χ0) is 15.6. The summed E-state index contributed by atoms with van der Waals surface area (Å²) in [5.74, 6) is -3.04. The maximum absolute atomic E-state index is 13.0. The smallest absolute Gasteiger partial charge is 0.420 e. The molecule has 110 valence electrons. The first kappa shape index (κ1) is 15.0. The van der Waals surface area contributed by atoms with E-state index in [1.54, 1.807) is 0 Å². The molecule has 2 aromatic carbocycles. The van der Waals surface area contributed by atoms with E-state index in [4.69, 9.17) is 4.74 Å². The number of ether oxygens (including phenoxy) is 1. The first-order valence-corrected chi connectivity index (χ1v) is 5.60. The molecule has 21 heavy (non-hydrogen) atoms. The van der Waals surface area contributed by atoms with Crippen molar-refractivity contribution in [3.8, 4) is 11.5 Å². The molecule has 0 fully saturated rings. The molecule has 0 unspecified atom stereocenters. The number of carbonyl (C=O) groups is 1. The summed E-state index contributed by atoms with van der Waals surface area (Å²) in [5.41, 5.74) is -1.41. The number of hydrogen-bond acceptors (Lipinski definition) is 2. The maximum Gasteiger partial charge on any atom is 0.420 e. The summed E-state index contributed by atoms with van der Waals surface area (Å²) in [6.45, 7) is 0. The average molecular weight is 302 g/mol. The highest BCUT2D eigenvalue weighted by atomic mass is 19.4. The van der Waals surface area contributed by atoms with E-state index in [0.717, 1.165) is 24.3 Å². The molecule has 0 heterocycles. The van der Waals surface area contributed by atoms with Crippen LogP contribution in [-0.4, -0.2) is 6.29 Å². The molecule has 0 aliphatic carbocycles. The molecule has 0 saturated carbocycles. The molecule has 0 aliphatic rings. The van der Waals surface area contributed by atoms with Crippen molar-refractivity contribution in [3.05, 3.63) is 59.2 Å². The first-order valence-electron chi connectivity index (χ1n) is 5.60. The number of alkyl halides is 3. The van der Waals surface area contributed by atoms with Crippen LogP contribution in [0.25, 0.3) is 0 Å². The Bertz CT molecular complexity index is 659. The van der Waals surface area contributed by atoms with Gasteiger partial charge in [-0.1, -0.05) is 0 Å². The molecule has 0 saturated heterocycles. The Morgan fingerprint density at radius 2 is 1.57 bits per heavy atom. The number of hydrogen-bond donors (Lipinski definition) is 0. The van der Waals surface area contributed by atoms with Gasteiger partial charge in [-0.15, -0.1) is 0 Å². The molecular formula is C14H7F5O2. The molecule has 0 spiro atoms. The summed E-state index contributed by atoms with van der Waals surface area (Å²) in [6, 6.07) is 4.67. The van der Waals surface area contributed by atoms with Crippen molar-refractivity contribution in [2.75, 3.05) is 0 Å². The Balaban J connectivity index is 2.46. The van der Waals surface area contributed by atoms with Crippen LogP contribution in [0.3, 0.4) is 0 Å². The molecule has 7 heteroatoms. The fraction of sp³-hybridized carbons (Fsp3) is 0.0714. The van der Waals surface area contributed by atoms with E-state index in [2.05, 4.69) is 0 Å². The van der Waals surface area contributed by atoms with E-state index in [1.165, 1.54) is 0 Å². The van der Waals surface area contributed by atoms with Crippen molar-refractivity contribution in [1.29, 1.82) is 0 Å². The van der Waals surface area contributed by atoms with Gasteiger partial charge in [-0.25, -0.2) is 8.78 Å². The van der Waals surface area contributed by atoms with E-state index in [-0.39, 0.29) is 11.8 Å². The second kappa shape index (κ2) is 5.51. The van der Waals surface area contributed by atoms with Crippen molar-refractivity contribution in [2.24, 2.45) is 0 Å². The molecule has 2 nitrogen and oxygen atoms in total. The second-order valence-corrected chi connectivity index (χ2v) is 4.08. The van der Waals surface area contributed by atoms with Gasteiger partial charge in [-0.3, -0.25) is 4.79 Å². The predicted octanol–water partition coefficient (Wildman–Crippen LogP) is 4.59. The number of rotatable bonds is 3. The first-order chi connectivity index (χ1) is 9.79. The minimum atomic E-state index is -4.78. The molecular weight excluding hydrogens is 295 g/mol. The standard InChI is InChI=1S/C14H7F5O2/c15-9-4-10(16)6-11(5-9)21-13-2-1-8(7-20)3-12(13)14(17,18)19/h1-7H. The van der Waals surface area contributed by atoms with Crippen LogP contribution in [0, 0.1) is 11.6 Å². The Morgan fingerprint density at radius 1 is 0.952 bits per heavy atom. The lowest BCUT2D eigenvalue weighted by molar-refractivity contribution is -0.138. The van der Waals surface area contributed by atoms with Gasteiger partial charge in [0.2, 0.25) is 0 Å². The van der Waals surface area contributed by atoms with Crippen LogP contribution in [-0.2, 0) is 6.18 Å². The monoisotopic (exact) mass is 302 g/mol. The quantitative estimate of drug-likeness (QED) is 0.612. The van der Waals surface area contributed by atoms with Gasteiger partial charge in [0.25, 0.3) is 0 Å². The van der Waals surface area contributed by atoms with Crippen molar-refractivity contribution < 1.29 is 31.5 Å². The number of aldehydes is 1. The molecule has 0 bridgehead atoms. The van der Waals surface area contributed by atoms with Crippen LogP contribution >= 0.6 is 0 Å². The van der Waals surface area contributed by atoms with Crippen LogP contribution in [0.4, 0.5) is 22.0 Å². The van der Waals surface area contributed by atoms with Crippen molar-refractivity contribution >= 4 is 6.29 Å².